The Kier molecular flexibility index (Phi) is 4.38. The minimum Gasteiger partial charge on any atom is -0.350 e. The van der Waals surface area contributed by atoms with Gasteiger partial charge in [-0.3, -0.25) is 0 Å². The summed E-state index contributed by atoms with van der Waals surface area (Å²) in [5, 5.41) is 6.83. The average molecular weight is 300 g/mol. The third-order valence-corrected chi connectivity index (χ3v) is 4.05. The summed E-state index contributed by atoms with van der Waals surface area (Å²) in [7, 11) is 0. The van der Waals surface area contributed by atoms with Gasteiger partial charge in [-0.1, -0.05) is 0 Å². The SMILES string of the molecule is Cc1ncc(-c2ccnc(NC3CCCNC3)n2)n1C(C)C. The molecule has 22 heavy (non-hydrogen) atoms. The summed E-state index contributed by atoms with van der Waals surface area (Å²) in [5.41, 5.74) is 1.95. The zero-order valence-electron chi connectivity index (χ0n) is 13.5. The van der Waals surface area contributed by atoms with Crippen LogP contribution < -0.4 is 10.6 Å². The Labute approximate surface area is 131 Å². The number of aryl methyl sites for hydroxylation is 1. The van der Waals surface area contributed by atoms with Crippen molar-refractivity contribution in [1.82, 2.24) is 24.8 Å². The molecule has 1 atom stereocenters. The summed E-state index contributed by atoms with van der Waals surface area (Å²) in [4.78, 5) is 13.5. The fourth-order valence-electron chi connectivity index (χ4n) is 3.02. The third kappa shape index (κ3) is 3.11. The first kappa shape index (κ1) is 15.0. The highest BCUT2D eigenvalue weighted by Crippen LogP contribution is 2.23. The fourth-order valence-corrected chi connectivity index (χ4v) is 3.02. The molecule has 6 nitrogen and oxygen atoms in total. The zero-order chi connectivity index (χ0) is 15.5. The van der Waals surface area contributed by atoms with E-state index in [0.29, 0.717) is 18.0 Å². The predicted molar refractivity (Wildman–Crippen MR) is 87.9 cm³/mol. The van der Waals surface area contributed by atoms with Crippen LogP contribution in [0.25, 0.3) is 11.4 Å². The Bertz CT molecular complexity index is 627. The molecule has 0 aromatic carbocycles. The molecule has 0 radical (unpaired) electrons. The molecule has 0 spiro atoms. The Morgan fingerprint density at radius 3 is 2.95 bits per heavy atom. The van der Waals surface area contributed by atoms with E-state index in [1.165, 1.54) is 6.42 Å². The highest BCUT2D eigenvalue weighted by molar-refractivity contribution is 5.56. The van der Waals surface area contributed by atoms with Crippen molar-refractivity contribution in [3.8, 4) is 11.4 Å². The van der Waals surface area contributed by atoms with Gasteiger partial charge in [0.15, 0.2) is 0 Å². The van der Waals surface area contributed by atoms with Crippen molar-refractivity contribution in [3.63, 3.8) is 0 Å². The molecule has 3 heterocycles. The number of hydrogen-bond acceptors (Lipinski definition) is 5. The number of hydrogen-bond donors (Lipinski definition) is 2. The molecule has 2 N–H and O–H groups in total. The Balaban J connectivity index is 1.85. The van der Waals surface area contributed by atoms with E-state index in [1.54, 1.807) is 0 Å². The normalized spacial score (nSPS) is 18.6. The van der Waals surface area contributed by atoms with Gasteiger partial charge in [0, 0.05) is 24.8 Å². The summed E-state index contributed by atoms with van der Waals surface area (Å²) in [6.45, 7) is 8.42. The van der Waals surface area contributed by atoms with E-state index in [0.717, 1.165) is 36.7 Å². The lowest BCUT2D eigenvalue weighted by Gasteiger charge is -2.23. The van der Waals surface area contributed by atoms with Crippen LogP contribution in [0.5, 0.6) is 0 Å². The van der Waals surface area contributed by atoms with Crippen molar-refractivity contribution < 1.29 is 0 Å². The quantitative estimate of drug-likeness (QED) is 0.907. The molecule has 6 heteroatoms. The first-order chi connectivity index (χ1) is 10.6. The van der Waals surface area contributed by atoms with E-state index in [-0.39, 0.29) is 0 Å². The van der Waals surface area contributed by atoms with Crippen molar-refractivity contribution >= 4 is 5.95 Å². The van der Waals surface area contributed by atoms with Crippen LogP contribution in [0.15, 0.2) is 18.5 Å². The van der Waals surface area contributed by atoms with Crippen LogP contribution >= 0.6 is 0 Å². The molecule has 0 bridgehead atoms. The van der Waals surface area contributed by atoms with E-state index in [4.69, 9.17) is 0 Å². The van der Waals surface area contributed by atoms with Gasteiger partial charge < -0.3 is 15.2 Å². The van der Waals surface area contributed by atoms with E-state index in [1.807, 2.05) is 25.4 Å². The summed E-state index contributed by atoms with van der Waals surface area (Å²) < 4.78 is 2.20. The number of piperidine rings is 1. The lowest BCUT2D eigenvalue weighted by atomic mass is 10.1. The first-order valence-corrected chi connectivity index (χ1v) is 7.99. The van der Waals surface area contributed by atoms with Gasteiger partial charge in [-0.15, -0.1) is 0 Å². The molecule has 0 aliphatic carbocycles. The summed E-state index contributed by atoms with van der Waals surface area (Å²) in [5.74, 6) is 1.70. The molecule has 2 aromatic rings. The van der Waals surface area contributed by atoms with Gasteiger partial charge in [-0.2, -0.15) is 0 Å². The fraction of sp³-hybridized carbons (Fsp3) is 0.562. The molecule has 2 aromatic heterocycles. The predicted octanol–water partition coefficient (Wildman–Crippen LogP) is 2.39. The average Bonchev–Trinajstić information content (AvgIpc) is 2.90. The molecule has 118 valence electrons. The van der Waals surface area contributed by atoms with Gasteiger partial charge in [0.2, 0.25) is 5.95 Å². The molecule has 1 aliphatic rings. The number of anilines is 1. The van der Waals surface area contributed by atoms with Gasteiger partial charge in [0.05, 0.1) is 17.6 Å². The second-order valence-electron chi connectivity index (χ2n) is 6.11. The molecule has 1 aliphatic heterocycles. The molecular weight excluding hydrogens is 276 g/mol. The third-order valence-electron chi connectivity index (χ3n) is 4.05. The van der Waals surface area contributed by atoms with E-state index in [9.17, 15) is 0 Å². The van der Waals surface area contributed by atoms with Crippen LogP contribution in [0.3, 0.4) is 0 Å². The van der Waals surface area contributed by atoms with Crippen LogP contribution in [-0.4, -0.2) is 38.7 Å². The van der Waals surface area contributed by atoms with Crippen molar-refractivity contribution in [2.45, 2.75) is 45.7 Å². The minimum absolute atomic E-state index is 0.353. The van der Waals surface area contributed by atoms with Crippen LogP contribution in [-0.2, 0) is 0 Å². The topological polar surface area (TPSA) is 67.7 Å². The largest absolute Gasteiger partial charge is 0.350 e. The summed E-state index contributed by atoms with van der Waals surface area (Å²) in [6, 6.07) is 2.70. The maximum absolute atomic E-state index is 4.68. The van der Waals surface area contributed by atoms with Crippen LogP contribution in [0.4, 0.5) is 5.95 Å². The lowest BCUT2D eigenvalue weighted by molar-refractivity contribution is 0.478. The number of nitrogens with zero attached hydrogens (tertiary/aromatic N) is 4. The molecule has 1 fully saturated rings. The van der Waals surface area contributed by atoms with Crippen LogP contribution in [0.1, 0.15) is 38.6 Å². The summed E-state index contributed by atoms with van der Waals surface area (Å²) >= 11 is 0. The molecule has 1 unspecified atom stereocenters. The number of aromatic nitrogens is 4. The van der Waals surface area contributed by atoms with Crippen molar-refractivity contribution in [2.75, 3.05) is 18.4 Å². The van der Waals surface area contributed by atoms with Crippen LogP contribution in [0, 0.1) is 6.92 Å². The van der Waals surface area contributed by atoms with E-state index >= 15 is 0 Å². The minimum atomic E-state index is 0.353. The van der Waals surface area contributed by atoms with Gasteiger partial charge in [0.25, 0.3) is 0 Å². The Morgan fingerprint density at radius 2 is 2.23 bits per heavy atom. The highest BCUT2D eigenvalue weighted by atomic mass is 15.2. The van der Waals surface area contributed by atoms with Crippen molar-refractivity contribution in [1.29, 1.82) is 0 Å². The zero-order valence-corrected chi connectivity index (χ0v) is 13.5. The molecule has 0 saturated carbocycles. The van der Waals surface area contributed by atoms with Gasteiger partial charge >= 0.3 is 0 Å². The maximum atomic E-state index is 4.68. The molecular formula is C16H24N6. The van der Waals surface area contributed by atoms with Crippen LogP contribution in [0.2, 0.25) is 0 Å². The van der Waals surface area contributed by atoms with E-state index in [2.05, 4.69) is 44.0 Å². The van der Waals surface area contributed by atoms with Gasteiger partial charge in [0.1, 0.15) is 5.82 Å². The smallest absolute Gasteiger partial charge is 0.223 e. The van der Waals surface area contributed by atoms with Gasteiger partial charge in [-0.25, -0.2) is 15.0 Å². The maximum Gasteiger partial charge on any atom is 0.223 e. The van der Waals surface area contributed by atoms with E-state index < -0.39 is 0 Å². The lowest BCUT2D eigenvalue weighted by Crippen LogP contribution is -2.38. The monoisotopic (exact) mass is 300 g/mol. The molecule has 3 rings (SSSR count). The first-order valence-electron chi connectivity index (χ1n) is 7.99. The standard InChI is InChI=1S/C16H24N6/c1-11(2)22-12(3)19-10-15(22)14-6-8-18-16(21-14)20-13-5-4-7-17-9-13/h6,8,10-11,13,17H,4-5,7,9H2,1-3H3,(H,18,20,21). The summed E-state index contributed by atoms with van der Waals surface area (Å²) in [6.07, 6.45) is 6.05. The number of rotatable bonds is 4. The Hall–Kier alpha value is -1.95. The highest BCUT2D eigenvalue weighted by Gasteiger charge is 2.16. The molecule has 0 amide bonds. The van der Waals surface area contributed by atoms with Crippen molar-refractivity contribution in [2.24, 2.45) is 0 Å². The Morgan fingerprint density at radius 1 is 1.36 bits per heavy atom. The second-order valence-corrected chi connectivity index (χ2v) is 6.11. The molecule has 1 saturated heterocycles. The van der Waals surface area contributed by atoms with Crippen molar-refractivity contribution in [3.05, 3.63) is 24.3 Å². The number of nitrogens with one attached hydrogen (secondary N) is 2. The van der Waals surface area contributed by atoms with Gasteiger partial charge in [-0.05, 0) is 46.2 Å². The number of imidazole rings is 1. The second kappa shape index (κ2) is 6.44.